The fourth-order valence-electron chi connectivity index (χ4n) is 8.26. The summed E-state index contributed by atoms with van der Waals surface area (Å²) in [6.45, 7) is 0. The van der Waals surface area contributed by atoms with Crippen molar-refractivity contribution in [1.82, 2.24) is 0 Å². The van der Waals surface area contributed by atoms with Crippen LogP contribution in [0.3, 0.4) is 0 Å². The second-order valence-corrected chi connectivity index (χ2v) is 16.8. The Morgan fingerprint density at radius 2 is 0.648 bits per heavy atom. The fraction of sp³-hybridized carbons (Fsp3) is 0. The Labute approximate surface area is 315 Å². The van der Waals surface area contributed by atoms with Gasteiger partial charge in [-0.1, -0.05) is 194 Å². The Bertz CT molecular complexity index is 3010. The third-order valence-corrected chi connectivity index (χ3v) is 14.0. The highest BCUT2D eigenvalue weighted by Gasteiger charge is 2.29. The molecule has 0 saturated carbocycles. The molecule has 0 spiro atoms. The summed E-state index contributed by atoms with van der Waals surface area (Å²) < 4.78 is 15.1. The van der Waals surface area contributed by atoms with Gasteiger partial charge in [0, 0.05) is 15.9 Å². The smallest absolute Gasteiger partial charge is 0.171 e. The van der Waals surface area contributed by atoms with E-state index >= 15 is 4.57 Å². The highest BCUT2D eigenvalue weighted by molar-refractivity contribution is 7.85. The molecule has 0 unspecified atom stereocenters. The summed E-state index contributed by atoms with van der Waals surface area (Å²) in [5, 5.41) is 12.3. The first-order valence-electron chi connectivity index (χ1n) is 18.4. The van der Waals surface area contributed by atoms with Crippen LogP contribution in [0.15, 0.2) is 212 Å². The molecule has 10 aromatic carbocycles. The molecule has 10 aromatic rings. The average molecular weight is 707 g/mol. The van der Waals surface area contributed by atoms with Crippen molar-refractivity contribution < 1.29 is 4.57 Å². The first kappa shape index (κ1) is 32.1. The van der Waals surface area contributed by atoms with Gasteiger partial charge in [0.2, 0.25) is 0 Å². The van der Waals surface area contributed by atoms with E-state index < -0.39 is 7.14 Å². The van der Waals surface area contributed by atoms with Gasteiger partial charge in [0.1, 0.15) is 0 Å². The molecule has 0 fully saturated rings. The molecule has 0 saturated heterocycles. The summed E-state index contributed by atoms with van der Waals surface area (Å²) in [4.78, 5) is 0. The highest BCUT2D eigenvalue weighted by Crippen LogP contribution is 2.46. The first-order chi connectivity index (χ1) is 26.6. The van der Waals surface area contributed by atoms with E-state index in [2.05, 4.69) is 152 Å². The maximum absolute atomic E-state index is 15.1. The lowest BCUT2D eigenvalue weighted by Gasteiger charge is -2.21. The van der Waals surface area contributed by atoms with Gasteiger partial charge in [0.25, 0.3) is 0 Å². The van der Waals surface area contributed by atoms with Gasteiger partial charge in [-0.2, -0.15) is 0 Å². The van der Waals surface area contributed by atoms with Crippen molar-refractivity contribution in [2.24, 2.45) is 0 Å². The molecule has 0 aliphatic rings. The number of hydrogen-bond donors (Lipinski definition) is 0. The van der Waals surface area contributed by atoms with Gasteiger partial charge in [-0.05, 0) is 94.7 Å². The molecule has 0 atom stereocenters. The van der Waals surface area contributed by atoms with Crippen molar-refractivity contribution >= 4 is 66.1 Å². The van der Waals surface area contributed by atoms with Crippen molar-refractivity contribution in [3.63, 3.8) is 0 Å². The molecular formula is C52H35OP. The van der Waals surface area contributed by atoms with Crippen molar-refractivity contribution in [1.29, 1.82) is 0 Å². The van der Waals surface area contributed by atoms with Crippen LogP contribution in [0.1, 0.15) is 0 Å². The zero-order valence-corrected chi connectivity index (χ0v) is 30.5. The number of fused-ring (bicyclic) bond motifs is 4. The molecular weight excluding hydrogens is 672 g/mol. The Balaban J connectivity index is 1.20. The van der Waals surface area contributed by atoms with Gasteiger partial charge in [0.15, 0.2) is 7.14 Å². The van der Waals surface area contributed by atoms with Gasteiger partial charge in [-0.15, -0.1) is 0 Å². The van der Waals surface area contributed by atoms with Crippen LogP contribution in [0.2, 0.25) is 0 Å². The predicted molar refractivity (Wildman–Crippen MR) is 232 cm³/mol. The zero-order valence-electron chi connectivity index (χ0n) is 29.6. The molecule has 0 heterocycles. The van der Waals surface area contributed by atoms with Crippen molar-refractivity contribution in [2.45, 2.75) is 0 Å². The fourth-order valence-corrected chi connectivity index (χ4v) is 10.9. The van der Waals surface area contributed by atoms with Crippen LogP contribution in [0.25, 0.3) is 76.5 Å². The largest absolute Gasteiger partial charge is 0.309 e. The summed E-state index contributed by atoms with van der Waals surface area (Å²) in [6, 6.07) is 74.8. The summed E-state index contributed by atoms with van der Waals surface area (Å²) >= 11 is 0. The van der Waals surface area contributed by atoms with E-state index in [0.717, 1.165) is 27.0 Å². The van der Waals surface area contributed by atoms with Crippen molar-refractivity contribution in [3.8, 4) is 33.4 Å². The van der Waals surface area contributed by atoms with E-state index in [9.17, 15) is 0 Å². The molecule has 0 amide bonds. The van der Waals surface area contributed by atoms with Gasteiger partial charge in [0.05, 0.1) is 0 Å². The van der Waals surface area contributed by atoms with Crippen LogP contribution in [0.5, 0.6) is 0 Å². The molecule has 0 aliphatic carbocycles. The quantitative estimate of drug-likeness (QED) is 0.124. The molecule has 54 heavy (non-hydrogen) atoms. The number of hydrogen-bond acceptors (Lipinski definition) is 1. The first-order valence-corrected chi connectivity index (χ1v) is 20.1. The van der Waals surface area contributed by atoms with E-state index in [1.165, 1.54) is 65.3 Å². The molecule has 254 valence electrons. The lowest BCUT2D eigenvalue weighted by Crippen LogP contribution is -2.24. The summed E-state index contributed by atoms with van der Waals surface area (Å²) in [5.74, 6) is 0. The molecule has 0 radical (unpaired) electrons. The maximum Gasteiger partial charge on any atom is 0.171 e. The lowest BCUT2D eigenvalue weighted by atomic mass is 9.84. The van der Waals surface area contributed by atoms with E-state index in [0.29, 0.717) is 0 Å². The molecule has 1 nitrogen and oxygen atoms in total. The molecule has 0 aromatic heterocycles. The Morgan fingerprint density at radius 1 is 0.259 bits per heavy atom. The van der Waals surface area contributed by atoms with E-state index in [1.54, 1.807) is 0 Å². The van der Waals surface area contributed by atoms with Crippen LogP contribution >= 0.6 is 7.14 Å². The van der Waals surface area contributed by atoms with E-state index in [-0.39, 0.29) is 0 Å². The second-order valence-electron chi connectivity index (χ2n) is 14.0. The van der Waals surface area contributed by atoms with Crippen LogP contribution in [0.4, 0.5) is 0 Å². The zero-order chi connectivity index (χ0) is 36.1. The van der Waals surface area contributed by atoms with Crippen LogP contribution in [-0.2, 0) is 4.57 Å². The topological polar surface area (TPSA) is 17.1 Å². The Kier molecular flexibility index (Phi) is 7.83. The minimum absolute atomic E-state index is 0.825. The van der Waals surface area contributed by atoms with Crippen LogP contribution in [-0.4, -0.2) is 0 Å². The Hall–Kier alpha value is -6.53. The summed E-state index contributed by atoms with van der Waals surface area (Å²) in [5.41, 5.74) is 7.06. The van der Waals surface area contributed by atoms with Gasteiger partial charge in [-0.25, -0.2) is 0 Å². The van der Waals surface area contributed by atoms with Crippen LogP contribution < -0.4 is 15.9 Å². The van der Waals surface area contributed by atoms with E-state index in [4.69, 9.17) is 0 Å². The average Bonchev–Trinajstić information content (AvgIpc) is 3.25. The molecule has 0 N–H and O–H groups in total. The normalized spacial score (nSPS) is 11.8. The molecule has 10 rings (SSSR count). The predicted octanol–water partition coefficient (Wildman–Crippen LogP) is 12.9. The number of benzene rings is 10. The van der Waals surface area contributed by atoms with Crippen LogP contribution in [0, 0.1) is 0 Å². The summed E-state index contributed by atoms with van der Waals surface area (Å²) in [7, 11) is -3.08. The molecule has 0 bridgehead atoms. The van der Waals surface area contributed by atoms with Crippen molar-refractivity contribution in [2.75, 3.05) is 0 Å². The van der Waals surface area contributed by atoms with Crippen molar-refractivity contribution in [3.05, 3.63) is 212 Å². The van der Waals surface area contributed by atoms with Gasteiger partial charge < -0.3 is 4.57 Å². The van der Waals surface area contributed by atoms with Gasteiger partial charge >= 0.3 is 0 Å². The molecule has 2 heteroatoms. The summed E-state index contributed by atoms with van der Waals surface area (Å²) in [6.07, 6.45) is 0. The van der Waals surface area contributed by atoms with Gasteiger partial charge in [-0.3, -0.25) is 0 Å². The third kappa shape index (κ3) is 5.36. The molecule has 0 aliphatic heterocycles. The second kappa shape index (κ2) is 13.2. The lowest BCUT2D eigenvalue weighted by molar-refractivity contribution is 0.592. The standard InChI is InChI=1S/C52H35OP/c53-54(44-17-3-1-4-18-44,45-19-5-2-6-20-45)46-30-27-38(28-31-46)41-29-32-49-50(35-41)52(43-26-24-37-14-8-10-16-40(37)34-43)48-22-12-11-21-47(48)51(49)42-25-23-36-13-7-9-15-39(36)33-42/h1-35H. The maximum atomic E-state index is 15.1. The monoisotopic (exact) mass is 706 g/mol. The SMILES string of the molecule is O=P(c1ccccc1)(c1ccccc1)c1ccc(-c2ccc3c(-c4ccc5ccccc5c4)c4ccccc4c(-c4ccc5ccccc5c4)c3c2)cc1. The Morgan fingerprint density at radius 3 is 1.19 bits per heavy atom. The van der Waals surface area contributed by atoms with E-state index in [1.807, 2.05) is 60.7 Å². The highest BCUT2D eigenvalue weighted by atomic mass is 31.2. The number of rotatable bonds is 6. The minimum atomic E-state index is -3.08. The minimum Gasteiger partial charge on any atom is -0.309 e. The third-order valence-electron chi connectivity index (χ3n) is 10.9.